The topological polar surface area (TPSA) is 97.0 Å². The molecule has 1 saturated heterocycles. The molecule has 0 unspecified atom stereocenters. The van der Waals surface area contributed by atoms with Crippen LogP contribution in [0.3, 0.4) is 0 Å². The number of hydrogen-bond donors (Lipinski definition) is 0. The number of piperidine rings is 1. The van der Waals surface area contributed by atoms with Crippen LogP contribution >= 0.6 is 11.6 Å². The Morgan fingerprint density at radius 2 is 2.07 bits per heavy atom. The molecule has 1 aliphatic heterocycles. The summed E-state index contributed by atoms with van der Waals surface area (Å²) in [6.07, 6.45) is 6.78. The van der Waals surface area contributed by atoms with E-state index in [0.717, 1.165) is 37.0 Å². The van der Waals surface area contributed by atoms with E-state index >= 15 is 0 Å². The van der Waals surface area contributed by atoms with Crippen molar-refractivity contribution in [3.05, 3.63) is 46.2 Å². The van der Waals surface area contributed by atoms with Crippen molar-refractivity contribution in [2.24, 2.45) is 7.05 Å². The Morgan fingerprint density at radius 3 is 2.83 bits per heavy atom. The SMILES string of the molecule is Cn1c(=O)n(C2CCN(CC#N)CC2)c2nc(-c3cnn4ccc(Cl)cc34)ncc21. The molecule has 0 spiro atoms. The van der Waals surface area contributed by atoms with E-state index < -0.39 is 0 Å². The van der Waals surface area contributed by atoms with Crippen molar-refractivity contribution in [2.45, 2.75) is 18.9 Å². The van der Waals surface area contributed by atoms with Gasteiger partial charge in [-0.15, -0.1) is 0 Å². The predicted molar refractivity (Wildman–Crippen MR) is 112 cm³/mol. The summed E-state index contributed by atoms with van der Waals surface area (Å²) in [5.74, 6) is 0.501. The molecular formula is C20H19ClN8O. The third-order valence-electron chi connectivity index (χ3n) is 5.77. The summed E-state index contributed by atoms with van der Waals surface area (Å²) in [4.78, 5) is 24.4. The van der Waals surface area contributed by atoms with Gasteiger partial charge in [-0.05, 0) is 25.0 Å². The van der Waals surface area contributed by atoms with Gasteiger partial charge in [-0.2, -0.15) is 10.4 Å². The third kappa shape index (κ3) is 2.96. The molecule has 30 heavy (non-hydrogen) atoms. The maximum absolute atomic E-state index is 13.0. The maximum atomic E-state index is 13.0. The van der Waals surface area contributed by atoms with Crippen LogP contribution < -0.4 is 5.69 Å². The molecule has 0 N–H and O–H groups in total. The molecule has 152 valence electrons. The van der Waals surface area contributed by atoms with E-state index in [0.29, 0.717) is 28.6 Å². The second kappa shape index (κ2) is 7.23. The van der Waals surface area contributed by atoms with Gasteiger partial charge in [-0.3, -0.25) is 14.0 Å². The predicted octanol–water partition coefficient (Wildman–Crippen LogP) is 2.26. The normalized spacial score (nSPS) is 15.8. The van der Waals surface area contributed by atoms with Gasteiger partial charge in [0.2, 0.25) is 0 Å². The van der Waals surface area contributed by atoms with Gasteiger partial charge in [-0.1, -0.05) is 11.6 Å². The number of rotatable bonds is 3. The zero-order valence-corrected chi connectivity index (χ0v) is 17.1. The van der Waals surface area contributed by atoms with Crippen LogP contribution in [-0.4, -0.2) is 53.3 Å². The van der Waals surface area contributed by atoms with Crippen molar-refractivity contribution in [1.29, 1.82) is 5.26 Å². The molecule has 0 bridgehead atoms. The molecule has 0 aromatic carbocycles. The van der Waals surface area contributed by atoms with Crippen LogP contribution in [0.1, 0.15) is 18.9 Å². The average molecular weight is 423 g/mol. The molecule has 5 rings (SSSR count). The molecule has 0 aliphatic carbocycles. The number of hydrogen-bond acceptors (Lipinski definition) is 6. The largest absolute Gasteiger partial charge is 0.330 e. The third-order valence-corrected chi connectivity index (χ3v) is 6.01. The molecule has 5 heterocycles. The summed E-state index contributed by atoms with van der Waals surface area (Å²) in [5, 5.41) is 13.9. The van der Waals surface area contributed by atoms with Crippen LogP contribution in [0.5, 0.6) is 0 Å². The molecule has 0 amide bonds. The molecule has 4 aromatic rings. The molecule has 9 nitrogen and oxygen atoms in total. The first-order valence-electron chi connectivity index (χ1n) is 9.73. The van der Waals surface area contributed by atoms with Crippen LogP contribution in [0.15, 0.2) is 35.5 Å². The summed E-state index contributed by atoms with van der Waals surface area (Å²) in [5.41, 5.74) is 2.77. The van der Waals surface area contributed by atoms with Crippen molar-refractivity contribution in [3.63, 3.8) is 0 Å². The highest BCUT2D eigenvalue weighted by Crippen LogP contribution is 2.28. The number of likely N-dealkylation sites (tertiary alicyclic amines) is 1. The summed E-state index contributed by atoms with van der Waals surface area (Å²) in [6, 6.07) is 5.82. The van der Waals surface area contributed by atoms with Gasteiger partial charge >= 0.3 is 5.69 Å². The monoisotopic (exact) mass is 422 g/mol. The first-order valence-corrected chi connectivity index (χ1v) is 10.1. The molecule has 0 radical (unpaired) electrons. The Kier molecular flexibility index (Phi) is 4.53. The van der Waals surface area contributed by atoms with Gasteiger partial charge in [0.15, 0.2) is 11.5 Å². The van der Waals surface area contributed by atoms with Crippen molar-refractivity contribution in [3.8, 4) is 17.5 Å². The van der Waals surface area contributed by atoms with Gasteiger partial charge in [0.05, 0.1) is 36.1 Å². The van der Waals surface area contributed by atoms with Crippen LogP contribution in [0, 0.1) is 11.3 Å². The number of nitriles is 1. The average Bonchev–Trinajstić information content (AvgIpc) is 3.27. The maximum Gasteiger partial charge on any atom is 0.330 e. The Balaban J connectivity index is 1.61. The van der Waals surface area contributed by atoms with Crippen LogP contribution in [0.2, 0.25) is 5.02 Å². The highest BCUT2D eigenvalue weighted by Gasteiger charge is 2.26. The summed E-state index contributed by atoms with van der Waals surface area (Å²) in [6.45, 7) is 1.98. The molecular weight excluding hydrogens is 404 g/mol. The van der Waals surface area contributed by atoms with E-state index in [1.54, 1.807) is 45.4 Å². The number of pyridine rings is 1. The fourth-order valence-electron chi connectivity index (χ4n) is 4.16. The van der Waals surface area contributed by atoms with Crippen LogP contribution in [0.4, 0.5) is 0 Å². The standard InChI is InChI=1S/C20H19ClN8O/c1-26-17-12-23-18(15-11-24-28-8-2-13(21)10-16(15)28)25-19(17)29(20(26)30)14-3-6-27(7-4-14)9-5-22/h2,8,10-12,14H,3-4,6-7,9H2,1H3. The number of nitrogens with zero attached hydrogens (tertiary/aromatic N) is 8. The van der Waals surface area contributed by atoms with E-state index in [4.69, 9.17) is 21.8 Å². The van der Waals surface area contributed by atoms with E-state index in [9.17, 15) is 4.79 Å². The van der Waals surface area contributed by atoms with E-state index in [1.165, 1.54) is 0 Å². The van der Waals surface area contributed by atoms with E-state index in [-0.39, 0.29) is 11.7 Å². The fraction of sp³-hybridized carbons (Fsp3) is 0.350. The van der Waals surface area contributed by atoms with Gasteiger partial charge in [0.25, 0.3) is 0 Å². The summed E-state index contributed by atoms with van der Waals surface area (Å²) < 4.78 is 5.09. The van der Waals surface area contributed by atoms with E-state index in [1.807, 2.05) is 6.07 Å². The minimum Gasteiger partial charge on any atom is -0.292 e. The highest BCUT2D eigenvalue weighted by atomic mass is 35.5. The lowest BCUT2D eigenvalue weighted by Gasteiger charge is -2.30. The van der Waals surface area contributed by atoms with Crippen molar-refractivity contribution >= 4 is 28.3 Å². The van der Waals surface area contributed by atoms with E-state index in [2.05, 4.69) is 21.1 Å². The van der Waals surface area contributed by atoms with Crippen molar-refractivity contribution in [1.82, 2.24) is 33.6 Å². The first kappa shape index (κ1) is 18.8. The Hall–Kier alpha value is -3.22. The van der Waals surface area contributed by atoms with Crippen LogP contribution in [-0.2, 0) is 7.05 Å². The molecule has 1 aliphatic rings. The van der Waals surface area contributed by atoms with Crippen molar-refractivity contribution in [2.75, 3.05) is 19.6 Å². The number of aromatic nitrogens is 6. The number of imidazole rings is 1. The molecule has 0 atom stereocenters. The second-order valence-electron chi connectivity index (χ2n) is 7.51. The lowest BCUT2D eigenvalue weighted by Crippen LogP contribution is -2.37. The zero-order chi connectivity index (χ0) is 20.8. The first-order chi connectivity index (χ1) is 14.6. The molecule has 0 saturated carbocycles. The second-order valence-corrected chi connectivity index (χ2v) is 7.95. The molecule has 10 heteroatoms. The minimum absolute atomic E-state index is 0.0391. The van der Waals surface area contributed by atoms with Gasteiger partial charge < -0.3 is 0 Å². The zero-order valence-electron chi connectivity index (χ0n) is 16.4. The smallest absolute Gasteiger partial charge is 0.292 e. The lowest BCUT2D eigenvalue weighted by molar-refractivity contribution is 0.204. The number of fused-ring (bicyclic) bond motifs is 2. The Bertz CT molecular complexity index is 1350. The van der Waals surface area contributed by atoms with Crippen molar-refractivity contribution < 1.29 is 0 Å². The molecule has 1 fully saturated rings. The van der Waals surface area contributed by atoms with Gasteiger partial charge in [0.1, 0.15) is 5.52 Å². The summed E-state index contributed by atoms with van der Waals surface area (Å²) >= 11 is 6.16. The minimum atomic E-state index is -0.0990. The van der Waals surface area contributed by atoms with Gasteiger partial charge in [0, 0.05) is 37.4 Å². The quantitative estimate of drug-likeness (QED) is 0.470. The highest BCUT2D eigenvalue weighted by molar-refractivity contribution is 6.31. The van der Waals surface area contributed by atoms with Crippen LogP contribution in [0.25, 0.3) is 28.1 Å². The van der Waals surface area contributed by atoms with Gasteiger partial charge in [-0.25, -0.2) is 19.3 Å². The summed E-state index contributed by atoms with van der Waals surface area (Å²) in [7, 11) is 1.74. The Morgan fingerprint density at radius 1 is 1.27 bits per heavy atom. The lowest BCUT2D eigenvalue weighted by atomic mass is 10.1. The number of halogens is 1. The molecule has 4 aromatic heterocycles. The number of aryl methyl sites for hydroxylation is 1. The Labute approximate surface area is 176 Å². The fourth-order valence-corrected chi connectivity index (χ4v) is 4.32.